The first-order valence-corrected chi connectivity index (χ1v) is 8.64. The van der Waals surface area contributed by atoms with E-state index in [2.05, 4.69) is 28.3 Å². The van der Waals surface area contributed by atoms with E-state index in [0.29, 0.717) is 0 Å². The third kappa shape index (κ3) is 2.72. The van der Waals surface area contributed by atoms with Crippen molar-refractivity contribution in [3.63, 3.8) is 0 Å². The molecule has 1 aliphatic rings. The minimum absolute atomic E-state index is 0.743. The smallest absolute Gasteiger partial charge is 0.224 e. The molecule has 0 radical (unpaired) electrons. The van der Waals surface area contributed by atoms with E-state index in [4.69, 9.17) is 0 Å². The van der Waals surface area contributed by atoms with Crippen molar-refractivity contribution < 1.29 is 0 Å². The standard InChI is InChI=1S/C14H19N3S2/c1-3-9-8-11-12(18-9)16-14(15-2)17-13(11)19-10-6-4-5-7-10/h8,10H,3-7H2,1-2H3,(H,15,16,17). The molecule has 0 unspecified atom stereocenters. The molecule has 19 heavy (non-hydrogen) atoms. The van der Waals surface area contributed by atoms with E-state index >= 15 is 0 Å². The predicted molar refractivity (Wildman–Crippen MR) is 84.5 cm³/mol. The monoisotopic (exact) mass is 293 g/mol. The van der Waals surface area contributed by atoms with Gasteiger partial charge in [0.15, 0.2) is 0 Å². The Bertz CT molecular complexity index is 573. The molecule has 1 fully saturated rings. The summed E-state index contributed by atoms with van der Waals surface area (Å²) >= 11 is 3.74. The number of rotatable bonds is 4. The van der Waals surface area contributed by atoms with Gasteiger partial charge in [-0.05, 0) is 25.3 Å². The molecule has 102 valence electrons. The maximum Gasteiger partial charge on any atom is 0.224 e. The first kappa shape index (κ1) is 13.2. The summed E-state index contributed by atoms with van der Waals surface area (Å²) in [6, 6.07) is 2.27. The Morgan fingerprint density at radius 2 is 2.16 bits per heavy atom. The summed E-state index contributed by atoms with van der Waals surface area (Å²) in [5, 5.41) is 6.24. The van der Waals surface area contributed by atoms with Gasteiger partial charge in [0.25, 0.3) is 0 Å². The molecule has 0 spiro atoms. The van der Waals surface area contributed by atoms with E-state index in [1.54, 1.807) is 11.3 Å². The van der Waals surface area contributed by atoms with Crippen molar-refractivity contribution in [2.75, 3.05) is 12.4 Å². The van der Waals surface area contributed by atoms with E-state index in [9.17, 15) is 0 Å². The van der Waals surface area contributed by atoms with E-state index in [1.165, 1.54) is 35.9 Å². The van der Waals surface area contributed by atoms with Crippen molar-refractivity contribution in [3.05, 3.63) is 10.9 Å². The first-order valence-electron chi connectivity index (χ1n) is 6.95. The fourth-order valence-corrected chi connectivity index (χ4v) is 4.82. The topological polar surface area (TPSA) is 37.8 Å². The number of anilines is 1. The maximum absolute atomic E-state index is 4.68. The van der Waals surface area contributed by atoms with Gasteiger partial charge < -0.3 is 5.32 Å². The minimum Gasteiger partial charge on any atom is -0.357 e. The summed E-state index contributed by atoms with van der Waals surface area (Å²) in [6.45, 7) is 2.20. The van der Waals surface area contributed by atoms with Crippen molar-refractivity contribution in [1.29, 1.82) is 0 Å². The largest absolute Gasteiger partial charge is 0.357 e. The first-order chi connectivity index (χ1) is 9.30. The Balaban J connectivity index is 2.01. The number of thiophene rings is 1. The number of fused-ring (bicyclic) bond motifs is 1. The fourth-order valence-electron chi connectivity index (χ4n) is 2.49. The Hall–Kier alpha value is -0.810. The second-order valence-corrected chi connectivity index (χ2v) is 7.32. The molecule has 0 aliphatic heterocycles. The summed E-state index contributed by atoms with van der Waals surface area (Å²) in [7, 11) is 1.89. The summed E-state index contributed by atoms with van der Waals surface area (Å²) in [5.74, 6) is 0.748. The minimum atomic E-state index is 0.743. The highest BCUT2D eigenvalue weighted by Crippen LogP contribution is 2.39. The molecule has 0 amide bonds. The third-order valence-corrected chi connectivity index (χ3v) is 6.07. The number of thioether (sulfide) groups is 1. The van der Waals surface area contributed by atoms with Crippen LogP contribution in [-0.2, 0) is 6.42 Å². The summed E-state index contributed by atoms with van der Waals surface area (Å²) in [5.41, 5.74) is 0. The maximum atomic E-state index is 4.68. The van der Waals surface area contributed by atoms with Crippen LogP contribution in [0.3, 0.4) is 0 Å². The molecule has 0 aromatic carbocycles. The Kier molecular flexibility index (Phi) is 3.93. The molecule has 1 N–H and O–H groups in total. The SMILES string of the molecule is CCc1cc2c(SC3CCCC3)nc(NC)nc2s1. The van der Waals surface area contributed by atoms with Crippen molar-refractivity contribution in [2.45, 2.75) is 49.3 Å². The van der Waals surface area contributed by atoms with E-state index in [1.807, 2.05) is 18.8 Å². The molecule has 1 saturated carbocycles. The highest BCUT2D eigenvalue weighted by atomic mass is 32.2. The van der Waals surface area contributed by atoms with Gasteiger partial charge >= 0.3 is 0 Å². The second kappa shape index (κ2) is 5.67. The average Bonchev–Trinajstić information content (AvgIpc) is 3.06. The van der Waals surface area contributed by atoms with Crippen molar-refractivity contribution >= 4 is 39.3 Å². The van der Waals surface area contributed by atoms with Gasteiger partial charge in [0.2, 0.25) is 5.95 Å². The van der Waals surface area contributed by atoms with Crippen LogP contribution in [-0.4, -0.2) is 22.3 Å². The van der Waals surface area contributed by atoms with Crippen LogP contribution < -0.4 is 5.32 Å². The molecule has 3 nitrogen and oxygen atoms in total. The number of nitrogens with one attached hydrogen (secondary N) is 1. The molecular formula is C14H19N3S2. The van der Waals surface area contributed by atoms with Crippen LogP contribution >= 0.6 is 23.1 Å². The Morgan fingerprint density at radius 1 is 1.37 bits per heavy atom. The fraction of sp³-hybridized carbons (Fsp3) is 0.571. The van der Waals surface area contributed by atoms with Crippen LogP contribution in [0.1, 0.15) is 37.5 Å². The number of hydrogen-bond donors (Lipinski definition) is 1. The Morgan fingerprint density at radius 3 is 2.84 bits per heavy atom. The van der Waals surface area contributed by atoms with Gasteiger partial charge in [-0.3, -0.25) is 0 Å². The van der Waals surface area contributed by atoms with Gasteiger partial charge in [-0.25, -0.2) is 9.97 Å². The van der Waals surface area contributed by atoms with Gasteiger partial charge in [-0.2, -0.15) is 0 Å². The Labute approximate surface area is 122 Å². The zero-order valence-electron chi connectivity index (χ0n) is 11.4. The van der Waals surface area contributed by atoms with Gasteiger partial charge in [-0.15, -0.1) is 23.1 Å². The molecule has 2 heterocycles. The van der Waals surface area contributed by atoms with Gasteiger partial charge in [0, 0.05) is 22.6 Å². The van der Waals surface area contributed by atoms with E-state index < -0.39 is 0 Å². The quantitative estimate of drug-likeness (QED) is 0.851. The second-order valence-electron chi connectivity index (χ2n) is 4.91. The zero-order chi connectivity index (χ0) is 13.2. The van der Waals surface area contributed by atoms with E-state index in [-0.39, 0.29) is 0 Å². The normalized spacial score (nSPS) is 16.3. The highest BCUT2D eigenvalue weighted by Gasteiger charge is 2.20. The predicted octanol–water partition coefficient (Wildman–Crippen LogP) is 4.33. The lowest BCUT2D eigenvalue weighted by Gasteiger charge is -2.09. The van der Waals surface area contributed by atoms with E-state index in [0.717, 1.165) is 27.5 Å². The lowest BCUT2D eigenvalue weighted by molar-refractivity contribution is 0.886. The molecule has 3 rings (SSSR count). The number of nitrogens with zero attached hydrogens (tertiary/aromatic N) is 2. The summed E-state index contributed by atoms with van der Waals surface area (Å²) < 4.78 is 0. The van der Waals surface area contributed by atoms with Gasteiger partial charge in [0.1, 0.15) is 9.86 Å². The lowest BCUT2D eigenvalue weighted by Crippen LogP contribution is -2.00. The van der Waals surface area contributed by atoms with Crippen LogP contribution in [0.25, 0.3) is 10.2 Å². The molecule has 0 bridgehead atoms. The van der Waals surface area contributed by atoms with Crippen molar-refractivity contribution in [2.24, 2.45) is 0 Å². The lowest BCUT2D eigenvalue weighted by atomic mass is 10.3. The molecule has 0 atom stereocenters. The molecule has 2 aromatic rings. The molecule has 0 saturated heterocycles. The summed E-state index contributed by atoms with van der Waals surface area (Å²) in [6.07, 6.45) is 6.47. The van der Waals surface area contributed by atoms with Gasteiger partial charge in [0.05, 0.1) is 0 Å². The van der Waals surface area contributed by atoms with Crippen LogP contribution in [0.4, 0.5) is 5.95 Å². The highest BCUT2D eigenvalue weighted by molar-refractivity contribution is 8.00. The van der Waals surface area contributed by atoms with Gasteiger partial charge in [-0.1, -0.05) is 19.8 Å². The molecule has 5 heteroatoms. The number of aromatic nitrogens is 2. The summed E-state index contributed by atoms with van der Waals surface area (Å²) in [4.78, 5) is 11.8. The molecular weight excluding hydrogens is 274 g/mol. The number of hydrogen-bond acceptors (Lipinski definition) is 5. The molecule has 1 aliphatic carbocycles. The van der Waals surface area contributed by atoms with Crippen LogP contribution in [0.15, 0.2) is 11.1 Å². The molecule has 2 aromatic heterocycles. The van der Waals surface area contributed by atoms with Crippen molar-refractivity contribution in [3.8, 4) is 0 Å². The van der Waals surface area contributed by atoms with Crippen molar-refractivity contribution in [1.82, 2.24) is 9.97 Å². The van der Waals surface area contributed by atoms with Crippen LogP contribution in [0.2, 0.25) is 0 Å². The van der Waals surface area contributed by atoms with Crippen LogP contribution in [0.5, 0.6) is 0 Å². The third-order valence-electron chi connectivity index (χ3n) is 3.56. The average molecular weight is 293 g/mol. The van der Waals surface area contributed by atoms with Crippen LogP contribution in [0, 0.1) is 0 Å². The number of aryl methyl sites for hydroxylation is 1. The zero-order valence-corrected chi connectivity index (χ0v) is 13.0.